The fourth-order valence-corrected chi connectivity index (χ4v) is 2.60. The minimum Gasteiger partial charge on any atom is -0.507 e. The van der Waals surface area contributed by atoms with Gasteiger partial charge in [-0.1, -0.05) is 37.3 Å². The van der Waals surface area contributed by atoms with Gasteiger partial charge in [0, 0.05) is 16.9 Å². The zero-order valence-electron chi connectivity index (χ0n) is 11.1. The Balaban J connectivity index is 2.22. The van der Waals surface area contributed by atoms with E-state index in [-0.39, 0.29) is 5.92 Å². The second-order valence-corrected chi connectivity index (χ2v) is 4.96. The molecule has 19 heavy (non-hydrogen) atoms. The number of furan rings is 1. The molecule has 1 unspecified atom stereocenters. The molecule has 0 fully saturated rings. The highest BCUT2D eigenvalue weighted by Crippen LogP contribution is 2.38. The first-order valence-corrected chi connectivity index (χ1v) is 6.42. The van der Waals surface area contributed by atoms with Crippen molar-refractivity contribution in [3.8, 4) is 5.75 Å². The number of hydrogen-bond donors (Lipinski definition) is 1. The summed E-state index contributed by atoms with van der Waals surface area (Å²) in [7, 11) is 0. The van der Waals surface area contributed by atoms with Crippen LogP contribution in [0, 0.1) is 6.92 Å². The highest BCUT2D eigenvalue weighted by atomic mass is 16.3. The van der Waals surface area contributed by atoms with Gasteiger partial charge in [0.2, 0.25) is 0 Å². The van der Waals surface area contributed by atoms with Gasteiger partial charge >= 0.3 is 0 Å². The lowest BCUT2D eigenvalue weighted by molar-refractivity contribution is 0.472. The summed E-state index contributed by atoms with van der Waals surface area (Å²) in [6.07, 6.45) is 3.39. The van der Waals surface area contributed by atoms with Crippen LogP contribution >= 0.6 is 0 Å². The van der Waals surface area contributed by atoms with Gasteiger partial charge in [0.1, 0.15) is 5.75 Å². The molecule has 0 saturated carbocycles. The number of phenols is 1. The van der Waals surface area contributed by atoms with Gasteiger partial charge in [-0.3, -0.25) is 0 Å². The summed E-state index contributed by atoms with van der Waals surface area (Å²) in [6, 6.07) is 12.0. The zero-order valence-corrected chi connectivity index (χ0v) is 11.1. The third kappa shape index (κ3) is 1.89. The quantitative estimate of drug-likeness (QED) is 0.723. The summed E-state index contributed by atoms with van der Waals surface area (Å²) in [6.45, 7) is 4.15. The number of rotatable bonds is 2. The van der Waals surface area contributed by atoms with Gasteiger partial charge in [0.05, 0.1) is 12.5 Å². The lowest BCUT2D eigenvalue weighted by Gasteiger charge is -2.15. The Kier molecular flexibility index (Phi) is 2.79. The molecule has 0 aliphatic heterocycles. The van der Waals surface area contributed by atoms with Crippen molar-refractivity contribution in [3.63, 3.8) is 0 Å². The lowest BCUT2D eigenvalue weighted by Crippen LogP contribution is -1.96. The minimum atomic E-state index is 0.113. The molecule has 0 spiro atoms. The number of hydrogen-bond acceptors (Lipinski definition) is 2. The van der Waals surface area contributed by atoms with Gasteiger partial charge < -0.3 is 9.52 Å². The van der Waals surface area contributed by atoms with E-state index >= 15 is 0 Å². The van der Waals surface area contributed by atoms with E-state index in [1.54, 1.807) is 12.5 Å². The van der Waals surface area contributed by atoms with Crippen LogP contribution in [0.5, 0.6) is 5.75 Å². The molecule has 1 heterocycles. The topological polar surface area (TPSA) is 33.4 Å². The van der Waals surface area contributed by atoms with Gasteiger partial charge in [-0.05, 0) is 29.5 Å². The predicted molar refractivity (Wildman–Crippen MR) is 76.6 cm³/mol. The molecule has 3 rings (SSSR count). The molecular weight excluding hydrogens is 236 g/mol. The van der Waals surface area contributed by atoms with E-state index in [9.17, 15) is 5.11 Å². The van der Waals surface area contributed by atoms with E-state index in [1.807, 2.05) is 30.3 Å². The maximum Gasteiger partial charge on any atom is 0.127 e. The molecule has 1 atom stereocenters. The fraction of sp³-hybridized carbons (Fsp3) is 0.176. The molecule has 96 valence electrons. The highest BCUT2D eigenvalue weighted by molar-refractivity contribution is 5.92. The van der Waals surface area contributed by atoms with Gasteiger partial charge in [-0.2, -0.15) is 0 Å². The summed E-state index contributed by atoms with van der Waals surface area (Å²) in [4.78, 5) is 0. The average Bonchev–Trinajstić information content (AvgIpc) is 2.96. The Morgan fingerprint density at radius 2 is 1.84 bits per heavy atom. The summed E-state index contributed by atoms with van der Waals surface area (Å²) >= 11 is 0. The number of benzene rings is 2. The van der Waals surface area contributed by atoms with Crippen molar-refractivity contribution < 1.29 is 9.52 Å². The Morgan fingerprint density at radius 1 is 1.11 bits per heavy atom. The van der Waals surface area contributed by atoms with Crippen LogP contribution in [0.4, 0.5) is 0 Å². The van der Waals surface area contributed by atoms with Crippen molar-refractivity contribution in [2.45, 2.75) is 19.8 Å². The first-order valence-electron chi connectivity index (χ1n) is 6.42. The third-order valence-corrected chi connectivity index (χ3v) is 3.76. The first kappa shape index (κ1) is 11.8. The molecule has 3 aromatic rings. The van der Waals surface area contributed by atoms with Crippen LogP contribution in [0.1, 0.15) is 29.5 Å². The van der Waals surface area contributed by atoms with E-state index in [1.165, 1.54) is 5.56 Å². The van der Waals surface area contributed by atoms with Crippen molar-refractivity contribution in [1.29, 1.82) is 0 Å². The maximum absolute atomic E-state index is 10.5. The third-order valence-electron chi connectivity index (χ3n) is 3.76. The maximum atomic E-state index is 10.5. The van der Waals surface area contributed by atoms with Gasteiger partial charge in [0.25, 0.3) is 0 Å². The van der Waals surface area contributed by atoms with Crippen LogP contribution in [0.2, 0.25) is 0 Å². The predicted octanol–water partition coefficient (Wildman–Crippen LogP) is 4.60. The van der Waals surface area contributed by atoms with Gasteiger partial charge in [0.15, 0.2) is 0 Å². The number of aryl methyl sites for hydroxylation is 1. The average molecular weight is 252 g/mol. The van der Waals surface area contributed by atoms with Crippen LogP contribution in [-0.4, -0.2) is 5.11 Å². The number of fused-ring (bicyclic) bond motifs is 1. The van der Waals surface area contributed by atoms with E-state index in [4.69, 9.17) is 4.42 Å². The van der Waals surface area contributed by atoms with E-state index in [2.05, 4.69) is 19.9 Å². The highest BCUT2D eigenvalue weighted by Gasteiger charge is 2.17. The molecule has 1 N–H and O–H groups in total. The van der Waals surface area contributed by atoms with Crippen LogP contribution in [-0.2, 0) is 0 Å². The van der Waals surface area contributed by atoms with Crippen molar-refractivity contribution in [1.82, 2.24) is 0 Å². The molecule has 0 amide bonds. The summed E-state index contributed by atoms with van der Waals surface area (Å²) in [5, 5.41) is 12.5. The molecule has 0 radical (unpaired) electrons. The minimum absolute atomic E-state index is 0.113. The van der Waals surface area contributed by atoms with Gasteiger partial charge in [-0.25, -0.2) is 0 Å². The second-order valence-electron chi connectivity index (χ2n) is 4.96. The normalized spacial score (nSPS) is 12.7. The zero-order chi connectivity index (χ0) is 13.4. The largest absolute Gasteiger partial charge is 0.507 e. The fourth-order valence-electron chi connectivity index (χ4n) is 2.60. The van der Waals surface area contributed by atoms with Crippen molar-refractivity contribution in [2.75, 3.05) is 0 Å². The summed E-state index contributed by atoms with van der Waals surface area (Å²) in [5.41, 5.74) is 3.20. The Hall–Kier alpha value is -2.22. The molecule has 0 aliphatic rings. The molecule has 2 heteroatoms. The number of aromatic hydroxyl groups is 1. The number of phenolic OH excluding ortho intramolecular Hbond substituents is 1. The molecular formula is C17H16O2. The second kappa shape index (κ2) is 4.47. The Morgan fingerprint density at radius 3 is 2.53 bits per heavy atom. The van der Waals surface area contributed by atoms with Crippen molar-refractivity contribution >= 4 is 10.8 Å². The van der Waals surface area contributed by atoms with Crippen LogP contribution in [0.3, 0.4) is 0 Å². The molecule has 0 saturated heterocycles. The van der Waals surface area contributed by atoms with Crippen LogP contribution in [0.15, 0.2) is 53.3 Å². The van der Waals surface area contributed by atoms with Crippen molar-refractivity contribution in [3.05, 3.63) is 65.6 Å². The SMILES string of the molecule is Cc1cc(C(C)c2ccoc2)c(O)c2ccccc12. The first-order chi connectivity index (χ1) is 9.18. The molecule has 2 nitrogen and oxygen atoms in total. The van der Waals surface area contributed by atoms with E-state index in [0.29, 0.717) is 5.75 Å². The Labute approximate surface area is 112 Å². The van der Waals surface area contributed by atoms with E-state index in [0.717, 1.165) is 21.9 Å². The standard InChI is InChI=1S/C17H16O2/c1-11-9-16(12(2)13-7-8-19-10-13)17(18)15-6-4-3-5-14(11)15/h3-10,12,18H,1-2H3. The Bertz CT molecular complexity index is 711. The smallest absolute Gasteiger partial charge is 0.127 e. The summed E-state index contributed by atoms with van der Waals surface area (Å²) in [5.74, 6) is 0.483. The molecule has 1 aromatic heterocycles. The summed E-state index contributed by atoms with van der Waals surface area (Å²) < 4.78 is 5.13. The molecule has 2 aromatic carbocycles. The monoisotopic (exact) mass is 252 g/mol. The molecule has 0 bridgehead atoms. The molecule has 0 aliphatic carbocycles. The van der Waals surface area contributed by atoms with Crippen LogP contribution in [0.25, 0.3) is 10.8 Å². The van der Waals surface area contributed by atoms with E-state index < -0.39 is 0 Å². The van der Waals surface area contributed by atoms with Gasteiger partial charge in [-0.15, -0.1) is 0 Å². The van der Waals surface area contributed by atoms with Crippen molar-refractivity contribution in [2.24, 2.45) is 0 Å². The van der Waals surface area contributed by atoms with Crippen LogP contribution < -0.4 is 0 Å². The lowest BCUT2D eigenvalue weighted by atomic mass is 9.90.